The van der Waals surface area contributed by atoms with Gasteiger partial charge in [-0.15, -0.1) is 0 Å². The van der Waals surface area contributed by atoms with Crippen molar-refractivity contribution in [1.82, 2.24) is 5.43 Å². The van der Waals surface area contributed by atoms with Crippen LogP contribution in [0.2, 0.25) is 0 Å². The van der Waals surface area contributed by atoms with Crippen molar-refractivity contribution in [3.8, 4) is 11.5 Å². The van der Waals surface area contributed by atoms with Gasteiger partial charge in [-0.3, -0.25) is 19.7 Å². The molecule has 27 heavy (non-hydrogen) atoms. The van der Waals surface area contributed by atoms with E-state index in [1.54, 1.807) is 12.1 Å². The van der Waals surface area contributed by atoms with Gasteiger partial charge in [-0.1, -0.05) is 6.07 Å². The Labute approximate surface area is 167 Å². The predicted octanol–water partition coefficient (Wildman–Crippen LogP) is 2.90. The lowest BCUT2D eigenvalue weighted by Gasteiger charge is -2.10. The Morgan fingerprint density at radius 1 is 1.30 bits per heavy atom. The standard InChI is InChI=1S/C17H14IN3O6/c1-10(22)27-16-14(18)6-11(7-15(16)26-2)9-19-20-17(23)12-4-3-5-13(8-12)21(24)25/h3-9H,1-2H3,(H,20,23)/b19-9-. The molecule has 2 aromatic carbocycles. The Morgan fingerprint density at radius 2 is 2.04 bits per heavy atom. The van der Waals surface area contributed by atoms with Crippen molar-refractivity contribution in [1.29, 1.82) is 0 Å². The Morgan fingerprint density at radius 3 is 2.67 bits per heavy atom. The summed E-state index contributed by atoms with van der Waals surface area (Å²) in [6.45, 7) is 1.29. The van der Waals surface area contributed by atoms with E-state index in [4.69, 9.17) is 9.47 Å². The highest BCUT2D eigenvalue weighted by Crippen LogP contribution is 2.33. The first kappa shape index (κ1) is 20.3. The minimum atomic E-state index is -0.590. The molecule has 2 aromatic rings. The van der Waals surface area contributed by atoms with Crippen molar-refractivity contribution < 1.29 is 24.0 Å². The van der Waals surface area contributed by atoms with Gasteiger partial charge in [-0.25, -0.2) is 5.43 Å². The summed E-state index contributed by atoms with van der Waals surface area (Å²) in [5.74, 6) is -0.433. The number of hydrogen-bond donors (Lipinski definition) is 1. The number of nitrogens with zero attached hydrogens (tertiary/aromatic N) is 2. The monoisotopic (exact) mass is 483 g/mol. The number of carbonyl (C=O) groups excluding carboxylic acids is 2. The highest BCUT2D eigenvalue weighted by atomic mass is 127. The first-order valence-electron chi connectivity index (χ1n) is 7.45. The van der Waals surface area contributed by atoms with Crippen molar-refractivity contribution in [3.63, 3.8) is 0 Å². The van der Waals surface area contributed by atoms with Crippen LogP contribution in [0.4, 0.5) is 5.69 Å². The van der Waals surface area contributed by atoms with Gasteiger partial charge in [0.05, 0.1) is 21.8 Å². The number of non-ortho nitro benzene ring substituents is 1. The summed E-state index contributed by atoms with van der Waals surface area (Å²) in [7, 11) is 1.43. The smallest absolute Gasteiger partial charge is 0.308 e. The molecule has 0 bridgehead atoms. The molecule has 0 unspecified atom stereocenters. The van der Waals surface area contributed by atoms with Crippen LogP contribution in [0.15, 0.2) is 41.5 Å². The molecule has 0 aliphatic heterocycles. The molecule has 9 nitrogen and oxygen atoms in total. The van der Waals surface area contributed by atoms with Crippen molar-refractivity contribution in [3.05, 3.63) is 61.2 Å². The van der Waals surface area contributed by atoms with Crippen LogP contribution < -0.4 is 14.9 Å². The van der Waals surface area contributed by atoms with Crippen LogP contribution in [-0.2, 0) is 4.79 Å². The molecule has 10 heteroatoms. The lowest BCUT2D eigenvalue weighted by atomic mass is 10.2. The zero-order chi connectivity index (χ0) is 20.0. The molecule has 0 atom stereocenters. The molecule has 1 N–H and O–H groups in total. The normalized spacial score (nSPS) is 10.5. The Hall–Kier alpha value is -3.02. The highest BCUT2D eigenvalue weighted by Gasteiger charge is 2.13. The van der Waals surface area contributed by atoms with E-state index in [-0.39, 0.29) is 11.3 Å². The van der Waals surface area contributed by atoms with Crippen LogP contribution in [-0.4, -0.2) is 30.1 Å². The number of nitro groups is 1. The van der Waals surface area contributed by atoms with Crippen LogP contribution in [0.25, 0.3) is 0 Å². The number of halogens is 1. The number of rotatable bonds is 6. The largest absolute Gasteiger partial charge is 0.493 e. The molecule has 0 spiro atoms. The maximum Gasteiger partial charge on any atom is 0.308 e. The number of amides is 1. The summed E-state index contributed by atoms with van der Waals surface area (Å²) in [5, 5.41) is 14.6. The van der Waals surface area contributed by atoms with Crippen molar-refractivity contribution in [2.45, 2.75) is 6.92 Å². The van der Waals surface area contributed by atoms with Gasteiger partial charge in [-0.2, -0.15) is 5.10 Å². The quantitative estimate of drug-likeness (QED) is 0.169. The molecule has 0 aromatic heterocycles. The SMILES string of the molecule is COc1cc(/C=N\NC(=O)c2cccc([N+](=O)[O-])c2)cc(I)c1OC(C)=O. The summed E-state index contributed by atoms with van der Waals surface area (Å²) in [6, 6.07) is 8.58. The lowest BCUT2D eigenvalue weighted by Crippen LogP contribution is -2.17. The molecule has 0 saturated heterocycles. The summed E-state index contributed by atoms with van der Waals surface area (Å²) < 4.78 is 10.9. The van der Waals surface area contributed by atoms with Gasteiger partial charge in [0, 0.05) is 24.6 Å². The fraction of sp³-hybridized carbons (Fsp3) is 0.118. The van der Waals surface area contributed by atoms with E-state index in [1.807, 2.05) is 22.6 Å². The topological polar surface area (TPSA) is 120 Å². The molecule has 0 heterocycles. The van der Waals surface area contributed by atoms with E-state index >= 15 is 0 Å². The van der Waals surface area contributed by atoms with Crippen molar-refractivity contribution in [2.24, 2.45) is 5.10 Å². The van der Waals surface area contributed by atoms with E-state index < -0.39 is 16.8 Å². The molecule has 0 radical (unpaired) electrons. The van der Waals surface area contributed by atoms with Crippen LogP contribution in [0.5, 0.6) is 11.5 Å². The number of benzene rings is 2. The zero-order valence-corrected chi connectivity index (χ0v) is 16.4. The number of nitro benzene ring substituents is 1. The summed E-state index contributed by atoms with van der Waals surface area (Å²) in [4.78, 5) is 33.4. The third-order valence-corrected chi connectivity index (χ3v) is 4.00. The van der Waals surface area contributed by atoms with Crippen molar-refractivity contribution in [2.75, 3.05) is 7.11 Å². The Balaban J connectivity index is 2.15. The van der Waals surface area contributed by atoms with Crippen molar-refractivity contribution >= 4 is 46.4 Å². The second-order valence-corrected chi connectivity index (χ2v) is 6.30. The molecule has 2 rings (SSSR count). The number of hydrazone groups is 1. The van der Waals surface area contributed by atoms with Gasteiger partial charge >= 0.3 is 5.97 Å². The zero-order valence-electron chi connectivity index (χ0n) is 14.3. The summed E-state index contributed by atoms with van der Waals surface area (Å²) >= 11 is 1.98. The number of carbonyl (C=O) groups is 2. The van der Waals surface area contributed by atoms with E-state index in [1.165, 1.54) is 38.4 Å². The minimum Gasteiger partial charge on any atom is -0.493 e. The lowest BCUT2D eigenvalue weighted by molar-refractivity contribution is -0.384. The molecule has 0 saturated carbocycles. The molecule has 1 amide bonds. The molecular formula is C17H14IN3O6. The average Bonchev–Trinajstić information content (AvgIpc) is 2.63. The molecule has 140 valence electrons. The van der Waals surface area contributed by atoms with Gasteiger partial charge in [-0.05, 0) is 46.4 Å². The maximum atomic E-state index is 12.0. The number of methoxy groups -OCH3 is 1. The van der Waals surface area contributed by atoms with E-state index in [9.17, 15) is 19.7 Å². The molecule has 0 aliphatic rings. The second-order valence-electron chi connectivity index (χ2n) is 5.13. The number of nitrogens with one attached hydrogen (secondary N) is 1. The third-order valence-electron chi connectivity index (χ3n) is 3.20. The highest BCUT2D eigenvalue weighted by molar-refractivity contribution is 14.1. The van der Waals surface area contributed by atoms with Crippen LogP contribution in [0, 0.1) is 13.7 Å². The van der Waals surface area contributed by atoms with E-state index in [0.717, 1.165) is 6.07 Å². The minimum absolute atomic E-state index is 0.110. The van der Waals surface area contributed by atoms with Crippen LogP contribution in [0.1, 0.15) is 22.8 Å². The Kier molecular flexibility index (Phi) is 6.82. The average molecular weight is 483 g/mol. The molecular weight excluding hydrogens is 469 g/mol. The predicted molar refractivity (Wildman–Crippen MR) is 105 cm³/mol. The fourth-order valence-corrected chi connectivity index (χ4v) is 2.78. The first-order chi connectivity index (χ1) is 12.8. The maximum absolute atomic E-state index is 12.0. The van der Waals surface area contributed by atoms with Gasteiger partial charge in [0.15, 0.2) is 11.5 Å². The van der Waals surface area contributed by atoms with E-state index in [2.05, 4.69) is 10.5 Å². The van der Waals surface area contributed by atoms with Crippen LogP contribution >= 0.6 is 22.6 Å². The molecule has 0 fully saturated rings. The number of hydrogen-bond acceptors (Lipinski definition) is 7. The van der Waals surface area contributed by atoms with E-state index in [0.29, 0.717) is 20.6 Å². The van der Waals surface area contributed by atoms with Gasteiger partial charge in [0.2, 0.25) is 0 Å². The van der Waals surface area contributed by atoms with Gasteiger partial charge in [0.1, 0.15) is 0 Å². The van der Waals surface area contributed by atoms with Crippen LogP contribution in [0.3, 0.4) is 0 Å². The summed E-state index contributed by atoms with van der Waals surface area (Å²) in [5.41, 5.74) is 2.81. The summed E-state index contributed by atoms with van der Waals surface area (Å²) in [6.07, 6.45) is 1.37. The fourth-order valence-electron chi connectivity index (χ4n) is 2.05. The van der Waals surface area contributed by atoms with Gasteiger partial charge < -0.3 is 9.47 Å². The first-order valence-corrected chi connectivity index (χ1v) is 8.53. The third kappa shape index (κ3) is 5.48. The number of esters is 1. The second kappa shape index (κ2) is 9.07. The van der Waals surface area contributed by atoms with Gasteiger partial charge in [0.25, 0.3) is 11.6 Å². The number of ether oxygens (including phenoxy) is 2. The molecule has 0 aliphatic carbocycles. The Bertz CT molecular complexity index is 929.